The highest BCUT2D eigenvalue weighted by Gasteiger charge is 2.25. The van der Waals surface area contributed by atoms with Crippen LogP contribution >= 0.6 is 11.6 Å². The maximum atomic E-state index is 12.6. The standard InChI is InChI=1S/C22H22ClN3O3/c1-2-28-22(27)16-14-18(23)24-21-20(16)17(12-11-15-8-4-3-5-9-15)25-26(21)19-10-6-7-13-29-19/h3-5,8-9,11-12,14,19H,2,6-7,10,13H2,1H3. The van der Waals surface area contributed by atoms with E-state index in [1.54, 1.807) is 11.6 Å². The van der Waals surface area contributed by atoms with Gasteiger partial charge in [-0.3, -0.25) is 0 Å². The average Bonchev–Trinajstić information content (AvgIpc) is 3.11. The molecule has 150 valence electrons. The van der Waals surface area contributed by atoms with Crippen molar-refractivity contribution in [2.75, 3.05) is 13.2 Å². The minimum absolute atomic E-state index is 0.219. The number of aromatic nitrogens is 3. The van der Waals surface area contributed by atoms with Crippen molar-refractivity contribution < 1.29 is 14.3 Å². The highest BCUT2D eigenvalue weighted by Crippen LogP contribution is 2.31. The molecule has 0 bridgehead atoms. The summed E-state index contributed by atoms with van der Waals surface area (Å²) in [6.07, 6.45) is 6.52. The summed E-state index contributed by atoms with van der Waals surface area (Å²) in [5.74, 6) is -0.444. The second kappa shape index (κ2) is 8.76. The van der Waals surface area contributed by atoms with Crippen LogP contribution in [0.3, 0.4) is 0 Å². The molecule has 4 rings (SSSR count). The van der Waals surface area contributed by atoms with Crippen LogP contribution in [0.1, 0.15) is 54.0 Å². The summed E-state index contributed by atoms with van der Waals surface area (Å²) in [5, 5.41) is 5.59. The molecule has 1 fully saturated rings. The molecule has 1 aliphatic heterocycles. The number of carbonyl (C=O) groups is 1. The third-order valence-electron chi connectivity index (χ3n) is 4.81. The number of hydrogen-bond donors (Lipinski definition) is 0. The van der Waals surface area contributed by atoms with E-state index < -0.39 is 5.97 Å². The van der Waals surface area contributed by atoms with E-state index in [0.29, 0.717) is 28.9 Å². The summed E-state index contributed by atoms with van der Waals surface area (Å²) < 4.78 is 12.9. The molecule has 1 unspecified atom stereocenters. The number of pyridine rings is 1. The number of benzene rings is 1. The lowest BCUT2D eigenvalue weighted by Crippen LogP contribution is -2.19. The van der Waals surface area contributed by atoms with E-state index in [1.165, 1.54) is 6.07 Å². The minimum Gasteiger partial charge on any atom is -0.462 e. The Kier molecular flexibility index (Phi) is 5.92. The van der Waals surface area contributed by atoms with Gasteiger partial charge in [0.2, 0.25) is 0 Å². The van der Waals surface area contributed by atoms with E-state index in [9.17, 15) is 4.79 Å². The van der Waals surface area contributed by atoms with Crippen molar-refractivity contribution in [1.29, 1.82) is 0 Å². The lowest BCUT2D eigenvalue weighted by atomic mass is 10.1. The molecule has 29 heavy (non-hydrogen) atoms. The summed E-state index contributed by atoms with van der Waals surface area (Å²) in [4.78, 5) is 17.1. The number of ether oxygens (including phenoxy) is 2. The average molecular weight is 412 g/mol. The van der Waals surface area contributed by atoms with E-state index in [0.717, 1.165) is 24.8 Å². The second-order valence-electron chi connectivity index (χ2n) is 6.81. The summed E-state index contributed by atoms with van der Waals surface area (Å²) in [6, 6.07) is 11.4. The lowest BCUT2D eigenvalue weighted by Gasteiger charge is -2.23. The van der Waals surface area contributed by atoms with Gasteiger partial charge in [0, 0.05) is 6.61 Å². The molecule has 0 amide bonds. The zero-order valence-corrected chi connectivity index (χ0v) is 16.9. The summed E-state index contributed by atoms with van der Waals surface area (Å²) in [5.41, 5.74) is 2.55. The van der Waals surface area contributed by atoms with Gasteiger partial charge in [0.05, 0.1) is 23.3 Å². The Bertz CT molecular complexity index is 1040. The Balaban J connectivity index is 1.88. The third kappa shape index (κ3) is 4.18. The van der Waals surface area contributed by atoms with E-state index in [-0.39, 0.29) is 18.0 Å². The van der Waals surface area contributed by atoms with E-state index >= 15 is 0 Å². The topological polar surface area (TPSA) is 66.2 Å². The van der Waals surface area contributed by atoms with Gasteiger partial charge in [-0.15, -0.1) is 0 Å². The summed E-state index contributed by atoms with van der Waals surface area (Å²) >= 11 is 6.24. The van der Waals surface area contributed by atoms with Gasteiger partial charge in [-0.1, -0.05) is 48.0 Å². The van der Waals surface area contributed by atoms with Crippen molar-refractivity contribution >= 4 is 40.8 Å². The molecular formula is C22H22ClN3O3. The molecule has 1 aliphatic rings. The van der Waals surface area contributed by atoms with Crippen LogP contribution in [0.2, 0.25) is 5.15 Å². The van der Waals surface area contributed by atoms with Crippen LogP contribution in [0, 0.1) is 0 Å². The first-order chi connectivity index (χ1) is 14.2. The quantitative estimate of drug-likeness (QED) is 0.430. The molecule has 1 saturated heterocycles. The van der Waals surface area contributed by atoms with Crippen molar-refractivity contribution in [3.05, 3.63) is 58.4 Å². The Morgan fingerprint density at radius 1 is 1.31 bits per heavy atom. The third-order valence-corrected chi connectivity index (χ3v) is 5.01. The number of rotatable bonds is 5. The molecule has 0 saturated carbocycles. The minimum atomic E-state index is -0.444. The molecule has 2 aromatic heterocycles. The van der Waals surface area contributed by atoms with Crippen LogP contribution < -0.4 is 0 Å². The number of nitrogens with zero attached hydrogens (tertiary/aromatic N) is 3. The normalized spacial score (nSPS) is 17.1. The SMILES string of the molecule is CCOC(=O)c1cc(Cl)nc2c1c(C=Cc1ccccc1)nn2C1CCCCO1. The predicted molar refractivity (Wildman–Crippen MR) is 113 cm³/mol. The van der Waals surface area contributed by atoms with Crippen molar-refractivity contribution in [2.24, 2.45) is 0 Å². The highest BCUT2D eigenvalue weighted by atomic mass is 35.5. The fraction of sp³-hybridized carbons (Fsp3) is 0.318. The maximum absolute atomic E-state index is 12.6. The van der Waals surface area contributed by atoms with Crippen LogP contribution in [0.15, 0.2) is 36.4 Å². The van der Waals surface area contributed by atoms with Crippen molar-refractivity contribution in [3.8, 4) is 0 Å². The van der Waals surface area contributed by atoms with E-state index in [2.05, 4.69) is 4.98 Å². The lowest BCUT2D eigenvalue weighted by molar-refractivity contribution is -0.0370. The van der Waals surface area contributed by atoms with E-state index in [4.69, 9.17) is 26.2 Å². The molecule has 3 heterocycles. The molecule has 0 aliphatic carbocycles. The van der Waals surface area contributed by atoms with Gasteiger partial charge >= 0.3 is 5.97 Å². The Hall–Kier alpha value is -2.70. The number of hydrogen-bond acceptors (Lipinski definition) is 5. The molecule has 0 N–H and O–H groups in total. The van der Waals surface area contributed by atoms with Crippen LogP contribution in [-0.2, 0) is 9.47 Å². The number of fused-ring (bicyclic) bond motifs is 1. The number of esters is 1. The molecule has 0 radical (unpaired) electrons. The van der Waals surface area contributed by atoms with E-state index in [1.807, 2.05) is 42.5 Å². The predicted octanol–water partition coefficient (Wildman–Crippen LogP) is 5.13. The molecule has 0 spiro atoms. The van der Waals surface area contributed by atoms with Crippen LogP contribution in [0.25, 0.3) is 23.2 Å². The Morgan fingerprint density at radius 2 is 2.14 bits per heavy atom. The largest absolute Gasteiger partial charge is 0.462 e. The smallest absolute Gasteiger partial charge is 0.339 e. The van der Waals surface area contributed by atoms with Crippen LogP contribution in [0.5, 0.6) is 0 Å². The van der Waals surface area contributed by atoms with Gasteiger partial charge in [-0.2, -0.15) is 5.10 Å². The summed E-state index contributed by atoms with van der Waals surface area (Å²) in [6.45, 7) is 2.72. The zero-order valence-electron chi connectivity index (χ0n) is 16.2. The first kappa shape index (κ1) is 19.6. The second-order valence-corrected chi connectivity index (χ2v) is 7.19. The molecule has 6 nitrogen and oxygen atoms in total. The number of carbonyl (C=O) groups excluding carboxylic acids is 1. The zero-order chi connectivity index (χ0) is 20.2. The Morgan fingerprint density at radius 3 is 2.86 bits per heavy atom. The fourth-order valence-corrected chi connectivity index (χ4v) is 3.67. The first-order valence-electron chi connectivity index (χ1n) is 9.78. The number of halogens is 1. The van der Waals surface area contributed by atoms with Crippen molar-refractivity contribution in [2.45, 2.75) is 32.4 Å². The Labute approximate surface area is 174 Å². The maximum Gasteiger partial charge on any atom is 0.339 e. The summed E-state index contributed by atoms with van der Waals surface area (Å²) in [7, 11) is 0. The van der Waals surface area contributed by atoms with Crippen molar-refractivity contribution in [1.82, 2.24) is 14.8 Å². The van der Waals surface area contributed by atoms with Crippen LogP contribution in [0.4, 0.5) is 0 Å². The first-order valence-corrected chi connectivity index (χ1v) is 10.2. The van der Waals surface area contributed by atoms with Gasteiger partial charge in [0.1, 0.15) is 5.15 Å². The molecule has 1 aromatic carbocycles. The van der Waals surface area contributed by atoms with Crippen LogP contribution in [-0.4, -0.2) is 33.9 Å². The van der Waals surface area contributed by atoms with Gasteiger partial charge < -0.3 is 9.47 Å². The molecule has 1 atom stereocenters. The molecule has 3 aromatic rings. The molecular weight excluding hydrogens is 390 g/mol. The van der Waals surface area contributed by atoms with Gasteiger partial charge in [0.25, 0.3) is 0 Å². The van der Waals surface area contributed by atoms with Crippen molar-refractivity contribution in [3.63, 3.8) is 0 Å². The monoisotopic (exact) mass is 411 g/mol. The highest BCUT2D eigenvalue weighted by molar-refractivity contribution is 6.30. The molecule has 7 heteroatoms. The van der Waals surface area contributed by atoms with Gasteiger partial charge in [-0.05, 0) is 43.9 Å². The fourth-order valence-electron chi connectivity index (χ4n) is 3.48. The van der Waals surface area contributed by atoms with Gasteiger partial charge in [0.15, 0.2) is 11.9 Å². The van der Waals surface area contributed by atoms with Gasteiger partial charge in [-0.25, -0.2) is 14.5 Å².